The maximum atomic E-state index is 12.9. The molecule has 1 heterocycles. The molecule has 1 aliphatic heterocycles. The van der Waals surface area contributed by atoms with E-state index in [1.165, 1.54) is 13.2 Å². The molecule has 0 aromatic heterocycles. The number of thioether (sulfide) groups is 1. The molecule has 7 atom stereocenters. The lowest BCUT2D eigenvalue weighted by Gasteiger charge is -2.31. The van der Waals surface area contributed by atoms with E-state index >= 15 is 0 Å². The summed E-state index contributed by atoms with van der Waals surface area (Å²) >= 11 is 1.56. The van der Waals surface area contributed by atoms with E-state index in [-0.39, 0.29) is 23.1 Å². The Balaban J connectivity index is 2.04. The Morgan fingerprint density at radius 2 is 1.88 bits per heavy atom. The summed E-state index contributed by atoms with van der Waals surface area (Å²) in [5, 5.41) is 33.9. The Morgan fingerprint density at radius 1 is 1.22 bits per heavy atom. The Bertz CT molecular complexity index is 723. The molecular formula is C23H36N2O6S. The Kier molecular flexibility index (Phi) is 10.4. The van der Waals surface area contributed by atoms with Crippen molar-refractivity contribution in [3.05, 3.63) is 36.5 Å². The molecule has 2 unspecified atom stereocenters. The number of aliphatic hydroxyl groups is 3. The number of aliphatic hydroxyl groups excluding tert-OH is 3. The summed E-state index contributed by atoms with van der Waals surface area (Å²) in [7, 11) is 2.93. The summed E-state index contributed by atoms with van der Waals surface area (Å²) in [6.45, 7) is 4.04. The van der Waals surface area contributed by atoms with Crippen molar-refractivity contribution in [3.8, 4) is 0 Å². The van der Waals surface area contributed by atoms with Crippen molar-refractivity contribution < 1.29 is 29.6 Å². The van der Waals surface area contributed by atoms with Crippen LogP contribution in [-0.4, -0.2) is 93.7 Å². The number of nitrogens with one attached hydrogen (secondary N) is 1. The van der Waals surface area contributed by atoms with Gasteiger partial charge in [-0.1, -0.05) is 50.3 Å². The molecule has 0 saturated carbocycles. The summed E-state index contributed by atoms with van der Waals surface area (Å²) < 4.78 is 5.13. The molecule has 1 aliphatic carbocycles. The van der Waals surface area contributed by atoms with Gasteiger partial charge in [0.25, 0.3) is 5.91 Å². The standard InChI is InChI=1S/C23H36N2O6S/c1-5-14(6-2)11-12-17(26)19(27)20(28)21(31-4)22(29)24-15-13-32-18-10-8-7-9-16(18)25(3)23(15)30/h7-12,14-21,26-28H,5-6,13H2,1-4H3,(H,24,29)/b12-11+/t15-,16?,17+,18?,19-,20+,21+/m0/s1. The van der Waals surface area contributed by atoms with Crippen LogP contribution in [0, 0.1) is 5.92 Å². The molecule has 1 fully saturated rings. The SMILES string of the molecule is CCC(/C=C/[C@@H](O)[C@H](O)[C@@H](O)[C@@H](OC)C(=O)N[C@H]1CSC2C=CC=CC2N(C)C1=O)CC. The highest BCUT2D eigenvalue weighted by molar-refractivity contribution is 8.00. The largest absolute Gasteiger partial charge is 0.387 e. The van der Waals surface area contributed by atoms with E-state index < -0.39 is 36.4 Å². The summed E-state index contributed by atoms with van der Waals surface area (Å²) in [6, 6.07) is -0.895. The van der Waals surface area contributed by atoms with Crippen molar-refractivity contribution in [1.82, 2.24) is 10.2 Å². The van der Waals surface area contributed by atoms with E-state index in [1.807, 2.05) is 38.2 Å². The molecule has 2 rings (SSSR count). The number of fused-ring (bicyclic) bond motifs is 1. The third kappa shape index (κ3) is 6.45. The molecule has 180 valence electrons. The van der Waals surface area contributed by atoms with Gasteiger partial charge in [0.15, 0.2) is 6.10 Å². The zero-order valence-corrected chi connectivity index (χ0v) is 19.9. The molecule has 0 aromatic carbocycles. The van der Waals surface area contributed by atoms with Gasteiger partial charge in [0.1, 0.15) is 24.4 Å². The van der Waals surface area contributed by atoms with E-state index in [4.69, 9.17) is 4.74 Å². The number of hydrogen-bond acceptors (Lipinski definition) is 7. The molecule has 8 nitrogen and oxygen atoms in total. The normalized spacial score (nSPS) is 27.2. The molecule has 0 aromatic rings. The summed E-state index contributed by atoms with van der Waals surface area (Å²) in [5.41, 5.74) is 0. The van der Waals surface area contributed by atoms with Crippen LogP contribution in [0.3, 0.4) is 0 Å². The lowest BCUT2D eigenvalue weighted by Crippen LogP contribution is -2.56. The number of likely N-dealkylation sites (N-methyl/N-ethyl adjacent to an activating group) is 1. The first-order valence-corrected chi connectivity index (χ1v) is 12.1. The van der Waals surface area contributed by atoms with E-state index in [1.54, 1.807) is 29.8 Å². The van der Waals surface area contributed by atoms with Crippen LogP contribution in [0.1, 0.15) is 26.7 Å². The average Bonchev–Trinajstić information content (AvgIpc) is 2.91. The first-order chi connectivity index (χ1) is 15.2. The minimum absolute atomic E-state index is 0.0953. The maximum absolute atomic E-state index is 12.9. The van der Waals surface area contributed by atoms with Crippen molar-refractivity contribution in [2.75, 3.05) is 19.9 Å². The van der Waals surface area contributed by atoms with Crippen LogP contribution >= 0.6 is 11.8 Å². The summed E-state index contributed by atoms with van der Waals surface area (Å²) in [6.07, 6.45) is 6.69. The monoisotopic (exact) mass is 468 g/mol. The first-order valence-electron chi connectivity index (χ1n) is 11.0. The molecule has 4 N–H and O–H groups in total. The predicted octanol–water partition coefficient (Wildman–Crippen LogP) is 0.630. The lowest BCUT2D eigenvalue weighted by molar-refractivity contribution is -0.151. The lowest BCUT2D eigenvalue weighted by atomic mass is 9.98. The second-order valence-electron chi connectivity index (χ2n) is 8.16. The van der Waals surface area contributed by atoms with Gasteiger partial charge < -0.3 is 30.3 Å². The van der Waals surface area contributed by atoms with Crippen molar-refractivity contribution in [2.45, 2.75) is 68.4 Å². The first kappa shape index (κ1) is 26.6. The molecule has 32 heavy (non-hydrogen) atoms. The van der Waals surface area contributed by atoms with Crippen LogP contribution < -0.4 is 5.32 Å². The fourth-order valence-electron chi connectivity index (χ4n) is 3.84. The highest BCUT2D eigenvalue weighted by atomic mass is 32.2. The Morgan fingerprint density at radius 3 is 2.50 bits per heavy atom. The third-order valence-corrected chi connectivity index (χ3v) is 7.42. The van der Waals surface area contributed by atoms with Crippen LogP contribution in [0.5, 0.6) is 0 Å². The van der Waals surface area contributed by atoms with Gasteiger partial charge in [-0.3, -0.25) is 9.59 Å². The smallest absolute Gasteiger partial charge is 0.252 e. The number of hydrogen-bond donors (Lipinski definition) is 4. The van der Waals surface area contributed by atoms with E-state index in [0.717, 1.165) is 12.8 Å². The number of rotatable bonds is 10. The van der Waals surface area contributed by atoms with Gasteiger partial charge >= 0.3 is 0 Å². The van der Waals surface area contributed by atoms with Gasteiger partial charge in [-0.15, -0.1) is 11.8 Å². The molecule has 1 saturated heterocycles. The fourth-order valence-corrected chi connectivity index (χ4v) is 5.15. The molecule has 0 bridgehead atoms. The molecule has 2 amide bonds. The topological polar surface area (TPSA) is 119 Å². The van der Waals surface area contributed by atoms with E-state index in [2.05, 4.69) is 5.32 Å². The van der Waals surface area contributed by atoms with E-state index in [0.29, 0.717) is 5.75 Å². The van der Waals surface area contributed by atoms with Gasteiger partial charge in [0.2, 0.25) is 5.91 Å². The van der Waals surface area contributed by atoms with Gasteiger partial charge in [-0.25, -0.2) is 0 Å². The van der Waals surface area contributed by atoms with Gasteiger partial charge in [-0.05, 0) is 18.8 Å². The fraction of sp³-hybridized carbons (Fsp3) is 0.652. The second-order valence-corrected chi connectivity index (χ2v) is 9.37. The highest BCUT2D eigenvalue weighted by Crippen LogP contribution is 2.28. The van der Waals surface area contributed by atoms with Crippen LogP contribution in [0.25, 0.3) is 0 Å². The molecule has 9 heteroatoms. The quantitative estimate of drug-likeness (QED) is 0.347. The second kappa shape index (κ2) is 12.6. The van der Waals surface area contributed by atoms with Gasteiger partial charge in [0.05, 0.1) is 6.04 Å². The number of carbonyl (C=O) groups is 2. The van der Waals surface area contributed by atoms with Crippen LogP contribution in [0.2, 0.25) is 0 Å². The zero-order chi connectivity index (χ0) is 23.8. The van der Waals surface area contributed by atoms with Gasteiger partial charge in [0, 0.05) is 25.2 Å². The predicted molar refractivity (Wildman–Crippen MR) is 125 cm³/mol. The molecule has 0 radical (unpaired) electrons. The summed E-state index contributed by atoms with van der Waals surface area (Å²) in [4.78, 5) is 27.3. The minimum atomic E-state index is -1.68. The number of amides is 2. The van der Waals surface area contributed by atoms with Crippen molar-refractivity contribution in [3.63, 3.8) is 0 Å². The summed E-state index contributed by atoms with van der Waals surface area (Å²) in [5.74, 6) is -0.348. The number of methoxy groups -OCH3 is 1. The van der Waals surface area contributed by atoms with Crippen LogP contribution in [0.15, 0.2) is 36.5 Å². The average molecular weight is 469 g/mol. The highest BCUT2D eigenvalue weighted by Gasteiger charge is 2.40. The third-order valence-electron chi connectivity index (χ3n) is 6.07. The molecular weight excluding hydrogens is 432 g/mol. The number of ether oxygens (including phenoxy) is 1. The van der Waals surface area contributed by atoms with Gasteiger partial charge in [-0.2, -0.15) is 0 Å². The zero-order valence-electron chi connectivity index (χ0n) is 19.1. The molecule has 0 spiro atoms. The van der Waals surface area contributed by atoms with Crippen LogP contribution in [-0.2, 0) is 14.3 Å². The number of nitrogens with zero attached hydrogens (tertiary/aromatic N) is 1. The van der Waals surface area contributed by atoms with Crippen LogP contribution in [0.4, 0.5) is 0 Å². The van der Waals surface area contributed by atoms with Crippen molar-refractivity contribution >= 4 is 23.6 Å². The Labute approximate surface area is 194 Å². The molecule has 2 aliphatic rings. The number of carbonyl (C=O) groups excluding carboxylic acids is 2. The van der Waals surface area contributed by atoms with Crippen molar-refractivity contribution in [2.24, 2.45) is 5.92 Å². The minimum Gasteiger partial charge on any atom is -0.387 e. The van der Waals surface area contributed by atoms with E-state index in [9.17, 15) is 24.9 Å². The Hall–Kier alpha value is -1.65. The maximum Gasteiger partial charge on any atom is 0.252 e. The van der Waals surface area contributed by atoms with Crippen molar-refractivity contribution in [1.29, 1.82) is 0 Å². The number of allylic oxidation sites excluding steroid dienone is 3.